The van der Waals surface area contributed by atoms with Gasteiger partial charge in [-0.1, -0.05) is 118 Å². The van der Waals surface area contributed by atoms with Crippen LogP contribution in [0.25, 0.3) is 0 Å². The van der Waals surface area contributed by atoms with Crippen LogP contribution in [0.1, 0.15) is 55.7 Å². The Morgan fingerprint density at radius 1 is 0.471 bits per heavy atom. The molecule has 0 atom stereocenters. The highest BCUT2D eigenvalue weighted by atomic mass is 35.5. The van der Waals surface area contributed by atoms with Gasteiger partial charge in [0.25, 0.3) is 0 Å². The van der Waals surface area contributed by atoms with Crippen LogP contribution in [-0.2, 0) is 7.05 Å². The molecular formula is C44H54Cl2N2O2S. The predicted molar refractivity (Wildman–Crippen MR) is 222 cm³/mol. The fourth-order valence-electron chi connectivity index (χ4n) is 3.71. The maximum Gasteiger partial charge on any atom is 0.193 e. The monoisotopic (exact) mass is 744 g/mol. The first-order chi connectivity index (χ1) is 24.1. The Bertz CT molecular complexity index is 1560. The van der Waals surface area contributed by atoms with E-state index in [0.717, 1.165) is 27.3 Å². The Labute approximate surface area is 320 Å². The zero-order valence-electron chi connectivity index (χ0n) is 32.0. The topological polar surface area (TPSA) is 44.1 Å². The molecule has 51 heavy (non-hydrogen) atoms. The number of hydrogen-bond acceptors (Lipinski definition) is 4. The first-order valence-electron chi connectivity index (χ1n) is 16.6. The largest absolute Gasteiger partial charge is 0.467 e. The van der Waals surface area contributed by atoms with Crippen molar-refractivity contribution in [3.05, 3.63) is 193 Å². The smallest absolute Gasteiger partial charge is 0.193 e. The molecule has 0 saturated heterocycles. The molecule has 7 aromatic rings. The van der Waals surface area contributed by atoms with Crippen LogP contribution in [0.3, 0.4) is 0 Å². The SMILES string of the molecule is Cc1ccc(C)cc1.Cc1ccc(C)cc1.Cc1ccc(C)o1.Cc1ccc(Cl)o1.Cc1ccc(Cl)s1.Cc1ccccc1.Cc1ccn(C)n1. The molecule has 0 bridgehead atoms. The van der Waals surface area contributed by atoms with Gasteiger partial charge in [-0.3, -0.25) is 4.68 Å². The molecule has 0 aliphatic rings. The summed E-state index contributed by atoms with van der Waals surface area (Å²) < 4.78 is 12.6. The summed E-state index contributed by atoms with van der Waals surface area (Å²) in [4.78, 5) is 1.27. The first-order valence-corrected chi connectivity index (χ1v) is 18.2. The van der Waals surface area contributed by atoms with Crippen LogP contribution in [-0.4, -0.2) is 9.78 Å². The molecule has 272 valence electrons. The lowest BCUT2D eigenvalue weighted by atomic mass is 10.2. The molecule has 0 aliphatic carbocycles. The van der Waals surface area contributed by atoms with E-state index in [9.17, 15) is 0 Å². The summed E-state index contributed by atoms with van der Waals surface area (Å²) in [6.45, 7) is 20.2. The summed E-state index contributed by atoms with van der Waals surface area (Å²) in [5, 5.41) is 4.48. The number of rotatable bonds is 0. The summed E-state index contributed by atoms with van der Waals surface area (Å²) in [5.41, 5.74) is 7.71. The molecule has 0 amide bonds. The third-order valence-corrected chi connectivity index (χ3v) is 7.86. The van der Waals surface area contributed by atoms with E-state index in [4.69, 9.17) is 32.0 Å². The number of aryl methyl sites for hydroxylation is 11. The van der Waals surface area contributed by atoms with Gasteiger partial charge in [0.05, 0.1) is 10.0 Å². The zero-order chi connectivity index (χ0) is 38.2. The number of aromatic nitrogens is 2. The molecule has 0 N–H and O–H groups in total. The maximum atomic E-state index is 5.58. The maximum absolute atomic E-state index is 5.58. The predicted octanol–water partition coefficient (Wildman–Crippen LogP) is 14.2. The average molecular weight is 746 g/mol. The third-order valence-electron chi connectivity index (χ3n) is 6.51. The molecule has 4 heterocycles. The van der Waals surface area contributed by atoms with Gasteiger partial charge in [0, 0.05) is 18.1 Å². The number of thiophene rings is 1. The number of hydrogen-bond donors (Lipinski definition) is 0. The summed E-state index contributed by atoms with van der Waals surface area (Å²) in [7, 11) is 1.91. The normalized spacial score (nSPS) is 9.27. The van der Waals surface area contributed by atoms with E-state index in [1.54, 1.807) is 22.1 Å². The van der Waals surface area contributed by atoms with Crippen molar-refractivity contribution >= 4 is 34.5 Å². The highest BCUT2D eigenvalue weighted by molar-refractivity contribution is 7.16. The minimum Gasteiger partial charge on any atom is -0.467 e. The zero-order valence-corrected chi connectivity index (χ0v) is 34.3. The van der Waals surface area contributed by atoms with Crippen LogP contribution in [0, 0.1) is 69.2 Å². The molecule has 0 unspecified atom stereocenters. The van der Waals surface area contributed by atoms with Crippen molar-refractivity contribution < 1.29 is 8.83 Å². The number of nitrogens with zero attached hydrogens (tertiary/aromatic N) is 2. The summed E-state index contributed by atoms with van der Waals surface area (Å²) in [5.74, 6) is 2.82. The Kier molecular flexibility index (Phi) is 22.5. The van der Waals surface area contributed by atoms with Crippen LogP contribution in [0.2, 0.25) is 9.56 Å². The quantitative estimate of drug-likeness (QED) is 0.155. The molecule has 7 rings (SSSR count). The van der Waals surface area contributed by atoms with Gasteiger partial charge in [-0.2, -0.15) is 5.10 Å². The molecule has 4 aromatic heterocycles. The molecule has 0 saturated carbocycles. The van der Waals surface area contributed by atoms with Crippen LogP contribution in [0.15, 0.2) is 136 Å². The standard InChI is InChI=1S/2C8H10.C7H8.C6H8O.C5H5ClO.C5H5ClS.C5H8N2/c2*1-7-3-5-8(2)6-4-7;1-7-5-3-2-4-6-7;1-5-3-4-6(2)7-5;2*1-4-2-3-5(6)7-4;1-5-3-4-7(2)6-5/h2*3-6H,1-2H3;2-6H,1H3;3-4H,1-2H3;2*2-3H,1H3;3-4H,1-2H3. The van der Waals surface area contributed by atoms with E-state index in [-0.39, 0.29) is 0 Å². The van der Waals surface area contributed by atoms with Crippen molar-refractivity contribution in [3.63, 3.8) is 0 Å². The van der Waals surface area contributed by atoms with E-state index < -0.39 is 0 Å². The van der Waals surface area contributed by atoms with Gasteiger partial charge >= 0.3 is 0 Å². The van der Waals surface area contributed by atoms with Crippen LogP contribution < -0.4 is 0 Å². The van der Waals surface area contributed by atoms with Crippen molar-refractivity contribution in [1.29, 1.82) is 0 Å². The van der Waals surface area contributed by atoms with E-state index in [1.165, 1.54) is 32.7 Å². The van der Waals surface area contributed by atoms with Crippen LogP contribution in [0.4, 0.5) is 0 Å². The van der Waals surface area contributed by atoms with Gasteiger partial charge in [-0.15, -0.1) is 11.3 Å². The van der Waals surface area contributed by atoms with Gasteiger partial charge < -0.3 is 8.83 Å². The average Bonchev–Trinajstić information content (AvgIpc) is 3.88. The minimum atomic E-state index is 0.456. The van der Waals surface area contributed by atoms with Crippen LogP contribution in [0.5, 0.6) is 0 Å². The Morgan fingerprint density at radius 3 is 1.04 bits per heavy atom. The second-order valence-electron chi connectivity index (χ2n) is 12.0. The van der Waals surface area contributed by atoms with Crippen molar-refractivity contribution in [1.82, 2.24) is 9.78 Å². The first kappa shape index (κ1) is 44.7. The molecule has 4 nitrogen and oxygen atoms in total. The Hall–Kier alpha value is -4.29. The van der Waals surface area contributed by atoms with Crippen molar-refractivity contribution in [2.24, 2.45) is 7.05 Å². The molecule has 0 radical (unpaired) electrons. The Balaban J connectivity index is 0.000000298. The second-order valence-corrected chi connectivity index (χ2v) is 14.2. The molecule has 0 fully saturated rings. The number of halogens is 2. The van der Waals surface area contributed by atoms with Gasteiger partial charge in [0.2, 0.25) is 0 Å². The second kappa shape index (κ2) is 25.6. The van der Waals surface area contributed by atoms with Crippen molar-refractivity contribution in [2.45, 2.75) is 69.2 Å². The van der Waals surface area contributed by atoms with Gasteiger partial charge in [0.1, 0.15) is 17.3 Å². The molecule has 0 spiro atoms. The van der Waals surface area contributed by atoms with E-state index in [0.29, 0.717) is 5.22 Å². The fraction of sp³-hybridized carbons (Fsp3) is 0.250. The van der Waals surface area contributed by atoms with E-state index in [1.807, 2.05) is 102 Å². The third kappa shape index (κ3) is 24.5. The Morgan fingerprint density at radius 2 is 0.882 bits per heavy atom. The van der Waals surface area contributed by atoms with Gasteiger partial charge in [-0.05, 0) is 123 Å². The minimum absolute atomic E-state index is 0.456. The summed E-state index contributed by atoms with van der Waals surface area (Å²) in [6.07, 6.45) is 1.93. The molecule has 3 aromatic carbocycles. The van der Waals surface area contributed by atoms with Gasteiger partial charge in [-0.25, -0.2) is 0 Å². The molecule has 0 aliphatic heterocycles. The lowest BCUT2D eigenvalue weighted by molar-refractivity contribution is 0.504. The van der Waals surface area contributed by atoms with E-state index >= 15 is 0 Å². The van der Waals surface area contributed by atoms with Crippen molar-refractivity contribution in [3.8, 4) is 0 Å². The highest BCUT2D eigenvalue weighted by Crippen LogP contribution is 2.19. The number of furan rings is 2. The fourth-order valence-corrected chi connectivity index (χ4v) is 4.90. The summed E-state index contributed by atoms with van der Waals surface area (Å²) >= 11 is 12.6. The molecular weight excluding hydrogens is 691 g/mol. The number of benzene rings is 3. The highest BCUT2D eigenvalue weighted by Gasteiger charge is 1.89. The molecule has 7 heteroatoms. The lowest BCUT2D eigenvalue weighted by Gasteiger charge is -1.90. The van der Waals surface area contributed by atoms with Gasteiger partial charge in [0.15, 0.2) is 5.22 Å². The summed E-state index contributed by atoms with van der Waals surface area (Å²) in [6, 6.07) is 40.6. The van der Waals surface area contributed by atoms with Crippen molar-refractivity contribution in [2.75, 3.05) is 0 Å². The lowest BCUT2D eigenvalue weighted by Crippen LogP contribution is -1.86. The van der Waals surface area contributed by atoms with Crippen LogP contribution >= 0.6 is 34.5 Å². The van der Waals surface area contributed by atoms with E-state index in [2.05, 4.69) is 100 Å².